The fourth-order valence-electron chi connectivity index (χ4n) is 2.43. The fraction of sp³-hybridized carbons (Fsp3) is 0.529. The average Bonchev–Trinajstić information content (AvgIpc) is 2.47. The number of nitrogens with zero attached hydrogens (tertiary/aromatic N) is 1. The maximum Gasteiger partial charge on any atom is 0.250 e. The molecular weight excluding hydrogens is 280 g/mol. The Morgan fingerprint density at radius 2 is 1.71 bits per heavy atom. The second-order valence-corrected chi connectivity index (χ2v) is 6.44. The zero-order valence-corrected chi connectivity index (χ0v) is 13.3. The lowest BCUT2D eigenvalue weighted by atomic mass is 9.99. The monoisotopic (exact) mass is 304 g/mol. The quantitative estimate of drug-likeness (QED) is 0.831. The van der Waals surface area contributed by atoms with Crippen molar-refractivity contribution in [2.75, 3.05) is 5.75 Å². The highest BCUT2D eigenvalue weighted by Gasteiger charge is 2.06. The van der Waals surface area contributed by atoms with Crippen LogP contribution in [0.5, 0.6) is 0 Å². The van der Waals surface area contributed by atoms with Crippen molar-refractivity contribution in [1.82, 2.24) is 5.43 Å². The normalized spacial score (nSPS) is 15.9. The maximum atomic E-state index is 11.8. The molecule has 0 spiro atoms. The van der Waals surface area contributed by atoms with Crippen LogP contribution in [0.4, 0.5) is 0 Å². The van der Waals surface area contributed by atoms with Gasteiger partial charge in [-0.15, -0.1) is 11.8 Å². The Morgan fingerprint density at radius 3 is 2.43 bits per heavy atom. The minimum Gasteiger partial charge on any atom is -0.272 e. The summed E-state index contributed by atoms with van der Waals surface area (Å²) in [6.07, 6.45) is 8.42. The van der Waals surface area contributed by atoms with Gasteiger partial charge in [0.05, 0.1) is 5.75 Å². The maximum absolute atomic E-state index is 11.8. The van der Waals surface area contributed by atoms with Gasteiger partial charge in [-0.25, -0.2) is 5.43 Å². The Kier molecular flexibility index (Phi) is 7.36. The fourth-order valence-corrected chi connectivity index (χ4v) is 3.21. The van der Waals surface area contributed by atoms with E-state index in [2.05, 4.69) is 22.7 Å². The zero-order valence-electron chi connectivity index (χ0n) is 12.5. The van der Waals surface area contributed by atoms with Crippen molar-refractivity contribution in [2.24, 2.45) is 5.10 Å². The molecule has 1 aromatic carbocycles. The van der Waals surface area contributed by atoms with Gasteiger partial charge in [-0.05, 0) is 31.2 Å². The van der Waals surface area contributed by atoms with E-state index in [9.17, 15) is 4.79 Å². The summed E-state index contributed by atoms with van der Waals surface area (Å²) in [5, 5.41) is 4.31. The van der Waals surface area contributed by atoms with Gasteiger partial charge in [0, 0.05) is 11.5 Å². The van der Waals surface area contributed by atoms with Crippen molar-refractivity contribution >= 4 is 23.4 Å². The highest BCUT2D eigenvalue weighted by atomic mass is 32.2. The van der Waals surface area contributed by atoms with Gasteiger partial charge in [0.2, 0.25) is 5.91 Å². The van der Waals surface area contributed by atoms with E-state index < -0.39 is 0 Å². The first kappa shape index (κ1) is 16.1. The molecule has 1 aromatic rings. The van der Waals surface area contributed by atoms with Crippen LogP contribution in [0.25, 0.3) is 0 Å². The Labute approximate surface area is 131 Å². The zero-order chi connectivity index (χ0) is 14.8. The Balaban J connectivity index is 1.66. The Bertz CT molecular complexity index is 449. The van der Waals surface area contributed by atoms with Crippen LogP contribution in [0, 0.1) is 0 Å². The number of nitrogens with one attached hydrogen (secondary N) is 1. The van der Waals surface area contributed by atoms with Gasteiger partial charge in [-0.1, -0.05) is 49.6 Å². The second kappa shape index (κ2) is 9.61. The van der Waals surface area contributed by atoms with Gasteiger partial charge in [0.25, 0.3) is 0 Å². The van der Waals surface area contributed by atoms with E-state index in [4.69, 9.17) is 0 Å². The lowest BCUT2D eigenvalue weighted by molar-refractivity contribution is -0.118. The third-order valence-corrected chi connectivity index (χ3v) is 4.62. The van der Waals surface area contributed by atoms with Crippen LogP contribution < -0.4 is 5.43 Å². The summed E-state index contributed by atoms with van der Waals surface area (Å²) in [5.74, 6) is 1.33. The molecule has 21 heavy (non-hydrogen) atoms. The summed E-state index contributed by atoms with van der Waals surface area (Å²) in [6.45, 7) is 0. The molecule has 1 amide bonds. The van der Waals surface area contributed by atoms with Crippen LogP contribution in [0.1, 0.15) is 50.5 Å². The van der Waals surface area contributed by atoms with E-state index in [1.165, 1.54) is 37.7 Å². The minimum absolute atomic E-state index is 0.00508. The molecule has 0 unspecified atom stereocenters. The summed E-state index contributed by atoms with van der Waals surface area (Å²) in [6, 6.07) is 10.2. The van der Waals surface area contributed by atoms with Crippen molar-refractivity contribution in [3.63, 3.8) is 0 Å². The molecule has 1 fully saturated rings. The number of hydrazone groups is 1. The highest BCUT2D eigenvalue weighted by molar-refractivity contribution is 7.99. The molecule has 1 aliphatic carbocycles. The number of carbonyl (C=O) groups is 1. The summed E-state index contributed by atoms with van der Waals surface area (Å²) in [7, 11) is 0. The summed E-state index contributed by atoms with van der Waals surface area (Å²) >= 11 is 1.63. The summed E-state index contributed by atoms with van der Waals surface area (Å²) in [4.78, 5) is 11.8. The van der Waals surface area contributed by atoms with Crippen molar-refractivity contribution in [3.05, 3.63) is 35.9 Å². The molecule has 2 rings (SSSR count). The van der Waals surface area contributed by atoms with Gasteiger partial charge in [-0.3, -0.25) is 4.79 Å². The third kappa shape index (κ3) is 6.80. The first-order valence-corrected chi connectivity index (χ1v) is 8.96. The van der Waals surface area contributed by atoms with Crippen molar-refractivity contribution in [1.29, 1.82) is 0 Å². The summed E-state index contributed by atoms with van der Waals surface area (Å²) in [5.41, 5.74) is 5.13. The summed E-state index contributed by atoms with van der Waals surface area (Å²) < 4.78 is 0. The van der Waals surface area contributed by atoms with Crippen LogP contribution in [0.2, 0.25) is 0 Å². The van der Waals surface area contributed by atoms with Crippen LogP contribution in [-0.4, -0.2) is 17.4 Å². The van der Waals surface area contributed by atoms with Crippen LogP contribution >= 0.6 is 11.8 Å². The topological polar surface area (TPSA) is 41.5 Å². The standard InChI is InChI=1S/C17H24N2OS/c20-17(14-21-13-15-9-5-4-6-10-15)19-18-16-11-7-2-1-3-8-12-16/h4-6,9-10H,1-3,7-8,11-14H2,(H,19,20). The molecule has 0 aliphatic heterocycles. The van der Waals surface area contributed by atoms with Gasteiger partial charge in [0.15, 0.2) is 0 Å². The largest absolute Gasteiger partial charge is 0.272 e. The van der Waals surface area contributed by atoms with Crippen LogP contribution in [0.15, 0.2) is 35.4 Å². The number of hydrogen-bond acceptors (Lipinski definition) is 3. The van der Waals surface area contributed by atoms with E-state index in [0.717, 1.165) is 24.3 Å². The molecule has 1 aliphatic rings. The van der Waals surface area contributed by atoms with Crippen molar-refractivity contribution in [3.8, 4) is 0 Å². The first-order valence-electron chi connectivity index (χ1n) is 7.80. The lowest BCUT2D eigenvalue weighted by Crippen LogP contribution is -2.22. The average molecular weight is 304 g/mol. The molecule has 1 saturated carbocycles. The van der Waals surface area contributed by atoms with E-state index in [1.54, 1.807) is 11.8 Å². The predicted octanol–water partition coefficient (Wildman–Crippen LogP) is 4.14. The number of amides is 1. The molecule has 0 aromatic heterocycles. The number of thioether (sulfide) groups is 1. The van der Waals surface area contributed by atoms with Crippen LogP contribution in [0.3, 0.4) is 0 Å². The number of rotatable bonds is 5. The smallest absolute Gasteiger partial charge is 0.250 e. The molecule has 4 heteroatoms. The minimum atomic E-state index is 0.00508. The van der Waals surface area contributed by atoms with Crippen LogP contribution in [-0.2, 0) is 10.5 Å². The molecule has 0 atom stereocenters. The predicted molar refractivity (Wildman–Crippen MR) is 90.5 cm³/mol. The third-order valence-electron chi connectivity index (χ3n) is 3.61. The SMILES string of the molecule is O=C(CSCc1ccccc1)NN=C1CCCCCCC1. The molecule has 0 saturated heterocycles. The van der Waals surface area contributed by atoms with Gasteiger partial charge >= 0.3 is 0 Å². The number of hydrogen-bond donors (Lipinski definition) is 1. The molecular formula is C17H24N2OS. The number of carbonyl (C=O) groups excluding carboxylic acids is 1. The molecule has 1 N–H and O–H groups in total. The molecule has 0 heterocycles. The van der Waals surface area contributed by atoms with Gasteiger partial charge in [0.1, 0.15) is 0 Å². The van der Waals surface area contributed by atoms with Crippen molar-refractivity contribution < 1.29 is 4.79 Å². The highest BCUT2D eigenvalue weighted by Crippen LogP contribution is 2.15. The Morgan fingerprint density at radius 1 is 1.05 bits per heavy atom. The molecule has 0 radical (unpaired) electrons. The van der Waals surface area contributed by atoms with E-state index in [1.807, 2.05) is 18.2 Å². The van der Waals surface area contributed by atoms with Crippen molar-refractivity contribution in [2.45, 2.75) is 50.7 Å². The van der Waals surface area contributed by atoms with Gasteiger partial charge in [-0.2, -0.15) is 5.10 Å². The van der Waals surface area contributed by atoms with E-state index >= 15 is 0 Å². The molecule has 0 bridgehead atoms. The second-order valence-electron chi connectivity index (χ2n) is 5.46. The van der Waals surface area contributed by atoms with E-state index in [0.29, 0.717) is 5.75 Å². The lowest BCUT2D eigenvalue weighted by Gasteiger charge is -2.10. The van der Waals surface area contributed by atoms with E-state index in [-0.39, 0.29) is 5.91 Å². The molecule has 3 nitrogen and oxygen atoms in total. The Hall–Kier alpha value is -1.29. The molecule has 114 valence electrons. The first-order chi connectivity index (χ1) is 10.3. The number of benzene rings is 1. The van der Waals surface area contributed by atoms with Gasteiger partial charge < -0.3 is 0 Å².